The molecular weight excluding hydrogens is 285 g/mol. The summed E-state index contributed by atoms with van der Waals surface area (Å²) in [5, 5.41) is 1.11. The Balaban J connectivity index is 2.04. The first-order chi connectivity index (χ1) is 8.68. The van der Waals surface area contributed by atoms with Crippen LogP contribution in [0.3, 0.4) is 0 Å². The second-order valence-electron chi connectivity index (χ2n) is 3.87. The Morgan fingerprint density at radius 2 is 1.72 bits per heavy atom. The molecule has 0 radical (unpaired) electrons. The molecule has 0 saturated heterocycles. The van der Waals surface area contributed by atoms with Crippen LogP contribution in [0.4, 0.5) is 0 Å². The quantitative estimate of drug-likeness (QED) is 0.822. The van der Waals surface area contributed by atoms with Crippen LogP contribution in [-0.2, 0) is 0 Å². The van der Waals surface area contributed by atoms with Gasteiger partial charge in [-0.15, -0.1) is 11.8 Å². The minimum absolute atomic E-state index is 0.124. The van der Waals surface area contributed by atoms with Crippen LogP contribution in [0.25, 0.3) is 0 Å². The van der Waals surface area contributed by atoms with Gasteiger partial charge in [0, 0.05) is 16.7 Å². The molecule has 0 heterocycles. The lowest BCUT2D eigenvalue weighted by Gasteiger charge is -2.14. The van der Waals surface area contributed by atoms with Crippen molar-refractivity contribution in [1.29, 1.82) is 0 Å². The molecule has 2 N–H and O–H groups in total. The largest absolute Gasteiger partial charge is 0.323 e. The van der Waals surface area contributed by atoms with Gasteiger partial charge in [0.05, 0.1) is 10.0 Å². The number of hydrogen-bond donors (Lipinski definition) is 1. The number of rotatable bonds is 4. The standard InChI is InChI=1S/C14H13Cl2NS/c15-12-8-4-7-11(14(12)16)13(17)9-18-10-5-2-1-3-6-10/h1-8,13H,9,17H2. The van der Waals surface area contributed by atoms with Gasteiger partial charge in [0.15, 0.2) is 0 Å². The third kappa shape index (κ3) is 3.42. The zero-order valence-corrected chi connectivity index (χ0v) is 12.0. The van der Waals surface area contributed by atoms with E-state index in [1.807, 2.05) is 30.3 Å². The number of thioether (sulfide) groups is 1. The molecule has 2 rings (SSSR count). The summed E-state index contributed by atoms with van der Waals surface area (Å²) in [7, 11) is 0. The molecule has 2 aromatic carbocycles. The molecule has 1 atom stereocenters. The van der Waals surface area contributed by atoms with Gasteiger partial charge in [0.1, 0.15) is 0 Å². The fourth-order valence-corrected chi connectivity index (χ4v) is 2.95. The lowest BCUT2D eigenvalue weighted by Crippen LogP contribution is -2.13. The summed E-state index contributed by atoms with van der Waals surface area (Å²) in [4.78, 5) is 1.20. The van der Waals surface area contributed by atoms with E-state index in [1.165, 1.54) is 4.90 Å². The summed E-state index contributed by atoms with van der Waals surface area (Å²) < 4.78 is 0. The Morgan fingerprint density at radius 3 is 2.44 bits per heavy atom. The molecule has 1 unspecified atom stereocenters. The van der Waals surface area contributed by atoms with Crippen molar-refractivity contribution in [2.75, 3.05) is 5.75 Å². The second kappa shape index (κ2) is 6.48. The normalized spacial score (nSPS) is 12.4. The maximum absolute atomic E-state index is 6.15. The first kappa shape index (κ1) is 13.8. The lowest BCUT2D eigenvalue weighted by molar-refractivity contribution is 0.831. The van der Waals surface area contributed by atoms with Gasteiger partial charge >= 0.3 is 0 Å². The van der Waals surface area contributed by atoms with Crippen molar-refractivity contribution in [3.63, 3.8) is 0 Å². The highest BCUT2D eigenvalue weighted by Crippen LogP contribution is 2.31. The van der Waals surface area contributed by atoms with E-state index >= 15 is 0 Å². The Morgan fingerprint density at radius 1 is 1.00 bits per heavy atom. The van der Waals surface area contributed by atoms with Crippen LogP contribution in [0, 0.1) is 0 Å². The van der Waals surface area contributed by atoms with Crippen molar-refractivity contribution in [2.24, 2.45) is 5.73 Å². The fraction of sp³-hybridized carbons (Fsp3) is 0.143. The molecule has 0 aliphatic rings. The molecule has 4 heteroatoms. The van der Waals surface area contributed by atoms with Crippen LogP contribution < -0.4 is 5.73 Å². The van der Waals surface area contributed by atoms with E-state index in [2.05, 4.69) is 12.1 Å². The van der Waals surface area contributed by atoms with Crippen molar-refractivity contribution < 1.29 is 0 Å². The molecule has 0 aliphatic carbocycles. The summed E-state index contributed by atoms with van der Waals surface area (Å²) in [6.07, 6.45) is 0. The summed E-state index contributed by atoms with van der Waals surface area (Å²) in [5.74, 6) is 0.768. The van der Waals surface area contributed by atoms with Crippen LogP contribution in [0.5, 0.6) is 0 Å². The highest BCUT2D eigenvalue weighted by Gasteiger charge is 2.12. The number of hydrogen-bond acceptors (Lipinski definition) is 2. The molecule has 18 heavy (non-hydrogen) atoms. The molecule has 0 saturated carbocycles. The Hall–Kier alpha value is -0.670. The predicted octanol–water partition coefficient (Wildman–Crippen LogP) is 4.79. The van der Waals surface area contributed by atoms with Crippen LogP contribution in [0.2, 0.25) is 10.0 Å². The highest BCUT2D eigenvalue weighted by atomic mass is 35.5. The van der Waals surface area contributed by atoms with E-state index in [9.17, 15) is 0 Å². The van der Waals surface area contributed by atoms with Gasteiger partial charge in [-0.05, 0) is 23.8 Å². The lowest BCUT2D eigenvalue weighted by atomic mass is 10.1. The molecule has 0 bridgehead atoms. The minimum Gasteiger partial charge on any atom is -0.323 e. The third-order valence-electron chi connectivity index (χ3n) is 2.55. The van der Waals surface area contributed by atoms with E-state index in [1.54, 1.807) is 17.8 Å². The van der Waals surface area contributed by atoms with Gasteiger partial charge in [-0.25, -0.2) is 0 Å². The zero-order chi connectivity index (χ0) is 13.0. The van der Waals surface area contributed by atoms with Gasteiger partial charge in [-0.1, -0.05) is 53.5 Å². The summed E-state index contributed by atoms with van der Waals surface area (Å²) in [6.45, 7) is 0. The average molecular weight is 298 g/mol. The van der Waals surface area contributed by atoms with Crippen molar-refractivity contribution in [3.05, 3.63) is 64.1 Å². The monoisotopic (exact) mass is 297 g/mol. The van der Waals surface area contributed by atoms with Gasteiger partial charge < -0.3 is 5.73 Å². The second-order valence-corrected chi connectivity index (χ2v) is 5.75. The van der Waals surface area contributed by atoms with Crippen molar-refractivity contribution >= 4 is 35.0 Å². The smallest absolute Gasteiger partial charge is 0.0640 e. The maximum Gasteiger partial charge on any atom is 0.0640 e. The van der Waals surface area contributed by atoms with Crippen LogP contribution in [0.1, 0.15) is 11.6 Å². The molecule has 0 aromatic heterocycles. The predicted molar refractivity (Wildman–Crippen MR) is 80.6 cm³/mol. The maximum atomic E-state index is 6.15. The summed E-state index contributed by atoms with van der Waals surface area (Å²) in [5.41, 5.74) is 7.04. The minimum atomic E-state index is -0.124. The molecule has 2 aromatic rings. The topological polar surface area (TPSA) is 26.0 Å². The van der Waals surface area contributed by atoms with Gasteiger partial charge in [-0.2, -0.15) is 0 Å². The summed E-state index contributed by atoms with van der Waals surface area (Å²) in [6, 6.07) is 15.6. The molecule has 0 amide bonds. The van der Waals surface area contributed by atoms with E-state index in [0.29, 0.717) is 10.0 Å². The Bertz CT molecular complexity index is 516. The van der Waals surface area contributed by atoms with Crippen molar-refractivity contribution in [1.82, 2.24) is 0 Å². The Labute approximate surface area is 121 Å². The Kier molecular flexibility index (Phi) is 4.95. The van der Waals surface area contributed by atoms with E-state index < -0.39 is 0 Å². The number of nitrogens with two attached hydrogens (primary N) is 1. The molecule has 1 nitrogen and oxygen atoms in total. The molecule has 0 aliphatic heterocycles. The van der Waals surface area contributed by atoms with Gasteiger partial charge in [-0.3, -0.25) is 0 Å². The van der Waals surface area contributed by atoms with E-state index in [0.717, 1.165) is 11.3 Å². The molecule has 0 spiro atoms. The average Bonchev–Trinajstić information content (AvgIpc) is 2.40. The molecule has 0 fully saturated rings. The first-order valence-corrected chi connectivity index (χ1v) is 7.30. The van der Waals surface area contributed by atoms with Crippen molar-refractivity contribution in [3.8, 4) is 0 Å². The number of benzene rings is 2. The SMILES string of the molecule is NC(CSc1ccccc1)c1cccc(Cl)c1Cl. The van der Waals surface area contributed by atoms with E-state index in [4.69, 9.17) is 28.9 Å². The van der Waals surface area contributed by atoms with Gasteiger partial charge in [0.2, 0.25) is 0 Å². The number of halogens is 2. The molecular formula is C14H13Cl2NS. The highest BCUT2D eigenvalue weighted by molar-refractivity contribution is 7.99. The van der Waals surface area contributed by atoms with Crippen LogP contribution >= 0.6 is 35.0 Å². The third-order valence-corrected chi connectivity index (χ3v) is 4.52. The molecule has 94 valence electrons. The fourth-order valence-electron chi connectivity index (χ4n) is 1.60. The van der Waals surface area contributed by atoms with Gasteiger partial charge in [0.25, 0.3) is 0 Å². The van der Waals surface area contributed by atoms with Crippen LogP contribution in [-0.4, -0.2) is 5.75 Å². The van der Waals surface area contributed by atoms with E-state index in [-0.39, 0.29) is 6.04 Å². The first-order valence-electron chi connectivity index (χ1n) is 5.56. The van der Waals surface area contributed by atoms with Crippen LogP contribution in [0.15, 0.2) is 53.4 Å². The van der Waals surface area contributed by atoms with Crippen molar-refractivity contribution in [2.45, 2.75) is 10.9 Å². The zero-order valence-electron chi connectivity index (χ0n) is 9.64. The summed E-state index contributed by atoms with van der Waals surface area (Å²) >= 11 is 13.8.